The molecule has 0 aromatic rings. The predicted molar refractivity (Wildman–Crippen MR) is 289 cm³/mol. The number of hydrogen-bond acceptors (Lipinski definition) is 6. The van der Waals surface area contributed by atoms with E-state index in [4.69, 9.17) is 14.2 Å². The Bertz CT molecular complexity index is 1080. The van der Waals surface area contributed by atoms with Gasteiger partial charge in [-0.1, -0.05) is 283 Å². The van der Waals surface area contributed by atoms with Gasteiger partial charge in [-0.2, -0.15) is 0 Å². The Morgan fingerprint density at radius 3 is 0.821 bits per heavy atom. The molecule has 0 bridgehead atoms. The lowest BCUT2D eigenvalue weighted by molar-refractivity contribution is -0.167. The van der Waals surface area contributed by atoms with Crippen molar-refractivity contribution in [3.8, 4) is 0 Å². The molecule has 0 N–H and O–H groups in total. The summed E-state index contributed by atoms with van der Waals surface area (Å²) in [7, 11) is 0. The summed E-state index contributed by atoms with van der Waals surface area (Å²) in [5.74, 6) is -0.856. The topological polar surface area (TPSA) is 78.9 Å². The second-order valence-electron chi connectivity index (χ2n) is 20.3. The maximum atomic E-state index is 12.8. The molecule has 6 nitrogen and oxygen atoms in total. The first-order valence-corrected chi connectivity index (χ1v) is 29.8. The fourth-order valence-electron chi connectivity index (χ4n) is 8.95. The van der Waals surface area contributed by atoms with Crippen molar-refractivity contribution in [2.75, 3.05) is 13.2 Å². The summed E-state index contributed by atoms with van der Waals surface area (Å²) < 4.78 is 16.8. The number of hydrogen-bond donors (Lipinski definition) is 0. The van der Waals surface area contributed by atoms with Crippen molar-refractivity contribution < 1.29 is 28.6 Å². The van der Waals surface area contributed by atoms with E-state index < -0.39 is 6.10 Å². The zero-order chi connectivity index (χ0) is 48.6. The van der Waals surface area contributed by atoms with Crippen LogP contribution in [0.5, 0.6) is 0 Å². The molecule has 0 aromatic carbocycles. The van der Waals surface area contributed by atoms with Gasteiger partial charge in [-0.15, -0.1) is 0 Å². The van der Waals surface area contributed by atoms with Crippen LogP contribution in [0, 0.1) is 0 Å². The van der Waals surface area contributed by atoms with Crippen LogP contribution in [0.15, 0.2) is 24.3 Å². The van der Waals surface area contributed by atoms with E-state index in [1.807, 2.05) is 0 Å². The van der Waals surface area contributed by atoms with Gasteiger partial charge in [-0.25, -0.2) is 0 Å². The van der Waals surface area contributed by atoms with E-state index in [0.29, 0.717) is 19.3 Å². The quantitative estimate of drug-likeness (QED) is 0.0262. The molecule has 0 fully saturated rings. The Morgan fingerprint density at radius 2 is 0.537 bits per heavy atom. The van der Waals surface area contributed by atoms with Gasteiger partial charge in [-0.05, 0) is 51.4 Å². The fourth-order valence-corrected chi connectivity index (χ4v) is 8.95. The number of carbonyl (C=O) groups excluding carboxylic acids is 3. The summed E-state index contributed by atoms with van der Waals surface area (Å²) >= 11 is 0. The number of carbonyl (C=O) groups is 3. The molecule has 0 heterocycles. The Hall–Kier alpha value is -2.11. The number of unbranched alkanes of at least 4 members (excludes halogenated alkanes) is 40. The van der Waals surface area contributed by atoms with Gasteiger partial charge in [0, 0.05) is 19.3 Å². The second kappa shape index (κ2) is 56.5. The zero-order valence-corrected chi connectivity index (χ0v) is 45.2. The number of esters is 3. The van der Waals surface area contributed by atoms with Gasteiger partial charge in [0.15, 0.2) is 6.10 Å². The molecule has 0 saturated heterocycles. The lowest BCUT2D eigenvalue weighted by Crippen LogP contribution is -2.30. The number of ether oxygens (including phenoxy) is 3. The van der Waals surface area contributed by atoms with Crippen LogP contribution >= 0.6 is 0 Å². The average Bonchev–Trinajstić information content (AvgIpc) is 3.33. The van der Waals surface area contributed by atoms with Crippen molar-refractivity contribution in [2.24, 2.45) is 0 Å². The molecule has 394 valence electrons. The van der Waals surface area contributed by atoms with Gasteiger partial charge in [-0.3, -0.25) is 14.4 Å². The molecule has 0 amide bonds. The van der Waals surface area contributed by atoms with Crippen LogP contribution in [0.25, 0.3) is 0 Å². The van der Waals surface area contributed by atoms with E-state index in [-0.39, 0.29) is 31.1 Å². The summed E-state index contributed by atoms with van der Waals surface area (Å²) in [6.07, 6.45) is 66.4. The average molecular weight is 944 g/mol. The lowest BCUT2D eigenvalue weighted by atomic mass is 10.0. The van der Waals surface area contributed by atoms with Gasteiger partial charge in [0.25, 0.3) is 0 Å². The Kier molecular flexibility index (Phi) is 54.7. The van der Waals surface area contributed by atoms with E-state index in [1.165, 1.54) is 225 Å². The maximum Gasteiger partial charge on any atom is 0.306 e. The van der Waals surface area contributed by atoms with E-state index in [9.17, 15) is 14.4 Å². The molecule has 6 heteroatoms. The van der Waals surface area contributed by atoms with Gasteiger partial charge in [0.05, 0.1) is 0 Å². The molecular weight excluding hydrogens is 829 g/mol. The fraction of sp³-hybridized carbons (Fsp3) is 0.885. The minimum atomic E-state index is -0.764. The highest BCUT2D eigenvalue weighted by atomic mass is 16.6. The molecule has 0 radical (unpaired) electrons. The van der Waals surface area contributed by atoms with Crippen LogP contribution in [0.1, 0.15) is 329 Å². The Labute approximate surface area is 417 Å². The van der Waals surface area contributed by atoms with Gasteiger partial charge in [0.1, 0.15) is 13.2 Å². The third-order valence-corrected chi connectivity index (χ3v) is 13.5. The minimum absolute atomic E-state index is 0.0667. The van der Waals surface area contributed by atoms with Gasteiger partial charge in [0.2, 0.25) is 0 Å². The van der Waals surface area contributed by atoms with Crippen LogP contribution in [-0.4, -0.2) is 37.2 Å². The first-order valence-electron chi connectivity index (χ1n) is 29.8. The largest absolute Gasteiger partial charge is 0.462 e. The highest BCUT2D eigenvalue weighted by Crippen LogP contribution is 2.17. The summed E-state index contributed by atoms with van der Waals surface area (Å²) in [6.45, 7) is 6.62. The molecule has 67 heavy (non-hydrogen) atoms. The molecule has 0 aliphatic carbocycles. The van der Waals surface area contributed by atoms with Crippen LogP contribution < -0.4 is 0 Å². The first-order chi connectivity index (χ1) is 33.0. The minimum Gasteiger partial charge on any atom is -0.462 e. The van der Waals surface area contributed by atoms with Crippen molar-refractivity contribution >= 4 is 17.9 Å². The second-order valence-corrected chi connectivity index (χ2v) is 20.3. The summed E-state index contributed by atoms with van der Waals surface area (Å²) in [6, 6.07) is 0. The van der Waals surface area contributed by atoms with E-state index in [1.54, 1.807) is 0 Å². The summed E-state index contributed by atoms with van der Waals surface area (Å²) in [5.41, 5.74) is 0. The smallest absolute Gasteiger partial charge is 0.306 e. The lowest BCUT2D eigenvalue weighted by Gasteiger charge is -2.18. The van der Waals surface area contributed by atoms with Crippen molar-refractivity contribution in [3.05, 3.63) is 24.3 Å². The van der Waals surface area contributed by atoms with Crippen molar-refractivity contribution in [3.63, 3.8) is 0 Å². The maximum absolute atomic E-state index is 12.8. The first kappa shape index (κ1) is 64.9. The molecular formula is C61H114O6. The molecule has 0 aliphatic rings. The van der Waals surface area contributed by atoms with Crippen LogP contribution in [-0.2, 0) is 28.6 Å². The molecule has 1 unspecified atom stereocenters. The molecule has 0 saturated carbocycles. The zero-order valence-electron chi connectivity index (χ0n) is 45.2. The highest BCUT2D eigenvalue weighted by Gasteiger charge is 2.19. The monoisotopic (exact) mass is 943 g/mol. The van der Waals surface area contributed by atoms with Gasteiger partial charge >= 0.3 is 17.9 Å². The number of allylic oxidation sites excluding steroid dienone is 4. The van der Waals surface area contributed by atoms with Crippen LogP contribution in [0.2, 0.25) is 0 Å². The molecule has 0 aliphatic heterocycles. The van der Waals surface area contributed by atoms with E-state index in [2.05, 4.69) is 45.1 Å². The van der Waals surface area contributed by atoms with E-state index in [0.717, 1.165) is 64.2 Å². The third kappa shape index (κ3) is 54.7. The summed E-state index contributed by atoms with van der Waals surface area (Å²) in [4.78, 5) is 37.9. The molecule has 0 spiro atoms. The van der Waals surface area contributed by atoms with Crippen molar-refractivity contribution in [2.45, 2.75) is 335 Å². The van der Waals surface area contributed by atoms with Crippen molar-refractivity contribution in [1.29, 1.82) is 0 Å². The standard InChI is InChI=1S/C61H114O6/c1-4-7-10-13-16-18-20-22-24-26-28-29-30-31-32-33-34-36-37-39-41-43-45-48-51-54-60(63)66-57-58(56-65-59(62)53-50-47-15-12-9-6-3)67-61(64)55-52-49-46-44-42-40-38-35-27-25-23-21-19-17-14-11-8-5-2/h20,22,26,28,58H,4-19,21,23-25,27,29-57H2,1-3H3/b22-20-,28-26-. The van der Waals surface area contributed by atoms with E-state index >= 15 is 0 Å². The van der Waals surface area contributed by atoms with Crippen molar-refractivity contribution in [1.82, 2.24) is 0 Å². The number of rotatable bonds is 55. The molecule has 1 atom stereocenters. The Balaban J connectivity index is 4.06. The highest BCUT2D eigenvalue weighted by molar-refractivity contribution is 5.71. The van der Waals surface area contributed by atoms with Crippen LogP contribution in [0.4, 0.5) is 0 Å². The van der Waals surface area contributed by atoms with Gasteiger partial charge < -0.3 is 14.2 Å². The third-order valence-electron chi connectivity index (χ3n) is 13.5. The Morgan fingerprint density at radius 1 is 0.299 bits per heavy atom. The molecule has 0 rings (SSSR count). The normalized spacial score (nSPS) is 12.1. The summed E-state index contributed by atoms with van der Waals surface area (Å²) in [5, 5.41) is 0. The SMILES string of the molecule is CCCCCCC/C=C\C/C=C\CCCCCCCCCCCCCCCC(=O)OCC(COC(=O)CCCCCCCC)OC(=O)CCCCCCCCCCCCCCCCCCCC. The molecule has 0 aromatic heterocycles. The van der Waals surface area contributed by atoms with Crippen LogP contribution in [0.3, 0.4) is 0 Å². The predicted octanol–water partition coefficient (Wildman–Crippen LogP) is 19.9.